The van der Waals surface area contributed by atoms with E-state index >= 15 is 0 Å². The quantitative estimate of drug-likeness (QED) is 0.846. The van der Waals surface area contributed by atoms with Gasteiger partial charge in [-0.25, -0.2) is 0 Å². The van der Waals surface area contributed by atoms with Gasteiger partial charge in [-0.1, -0.05) is 32.4 Å². The van der Waals surface area contributed by atoms with Crippen LogP contribution in [-0.2, 0) is 4.79 Å². The lowest BCUT2D eigenvalue weighted by Gasteiger charge is -2.14. The van der Waals surface area contributed by atoms with Gasteiger partial charge in [-0.2, -0.15) is 5.26 Å². The Morgan fingerprint density at radius 2 is 2.09 bits per heavy atom. The highest BCUT2D eigenvalue weighted by molar-refractivity contribution is 6.32. The molecule has 2 rings (SSSR count). The Balaban J connectivity index is 0.000000346. The lowest BCUT2D eigenvalue weighted by Crippen LogP contribution is -2.23. The standard InChI is InChI=1S/C12H14ClN3.C5H10O/c1-16-5-4-11(8-16)15-10-3-2-9(7-14)12(13)6-10;1-5(2,3)4-6/h2-3,6,11,15H,4-5,8H2,1H3;4H,1-3H3. The van der Waals surface area contributed by atoms with E-state index in [9.17, 15) is 4.79 Å². The minimum atomic E-state index is -0.139. The molecule has 0 radical (unpaired) electrons. The molecule has 1 heterocycles. The van der Waals surface area contributed by atoms with Gasteiger partial charge < -0.3 is 15.0 Å². The molecule has 5 heteroatoms. The first-order valence-corrected chi connectivity index (χ1v) is 7.74. The minimum absolute atomic E-state index is 0.139. The predicted molar refractivity (Wildman–Crippen MR) is 91.2 cm³/mol. The number of nitrogens with zero attached hydrogens (tertiary/aromatic N) is 2. The zero-order valence-corrected chi connectivity index (χ0v) is 14.4. The van der Waals surface area contributed by atoms with E-state index in [1.165, 1.54) is 0 Å². The molecular formula is C17H24ClN3O. The molecule has 0 saturated carbocycles. The summed E-state index contributed by atoms with van der Waals surface area (Å²) < 4.78 is 0. The van der Waals surface area contributed by atoms with Gasteiger partial charge in [-0.05, 0) is 38.2 Å². The van der Waals surface area contributed by atoms with Gasteiger partial charge in [0.15, 0.2) is 0 Å². The second-order valence-corrected chi connectivity index (χ2v) is 7.09. The average molecular weight is 322 g/mol. The fraction of sp³-hybridized carbons (Fsp3) is 0.529. The van der Waals surface area contributed by atoms with Crippen LogP contribution >= 0.6 is 11.6 Å². The molecule has 1 aromatic carbocycles. The maximum atomic E-state index is 9.83. The van der Waals surface area contributed by atoms with E-state index in [0.717, 1.165) is 31.5 Å². The van der Waals surface area contributed by atoms with E-state index in [1.807, 2.05) is 32.9 Å². The van der Waals surface area contributed by atoms with Crippen molar-refractivity contribution in [1.82, 2.24) is 4.90 Å². The van der Waals surface area contributed by atoms with Crippen molar-refractivity contribution in [2.24, 2.45) is 5.41 Å². The summed E-state index contributed by atoms with van der Waals surface area (Å²) in [5.41, 5.74) is 1.38. The summed E-state index contributed by atoms with van der Waals surface area (Å²) in [6.07, 6.45) is 2.08. The Morgan fingerprint density at radius 1 is 1.45 bits per heavy atom. The first-order chi connectivity index (χ1) is 10.2. The Hall–Kier alpha value is -1.57. The molecule has 1 saturated heterocycles. The number of hydrogen-bond donors (Lipinski definition) is 1. The number of rotatable bonds is 2. The number of benzene rings is 1. The maximum Gasteiger partial charge on any atom is 0.125 e. The van der Waals surface area contributed by atoms with Crippen molar-refractivity contribution in [3.63, 3.8) is 0 Å². The van der Waals surface area contributed by atoms with E-state index in [4.69, 9.17) is 16.9 Å². The molecule has 0 aromatic heterocycles. The van der Waals surface area contributed by atoms with Crippen molar-refractivity contribution >= 4 is 23.6 Å². The third kappa shape index (κ3) is 6.46. The number of anilines is 1. The summed E-state index contributed by atoms with van der Waals surface area (Å²) in [6, 6.07) is 8.01. The summed E-state index contributed by atoms with van der Waals surface area (Å²) in [7, 11) is 2.12. The van der Waals surface area contributed by atoms with E-state index in [2.05, 4.69) is 23.3 Å². The zero-order valence-electron chi connectivity index (χ0n) is 13.7. The van der Waals surface area contributed by atoms with Crippen LogP contribution < -0.4 is 5.32 Å². The van der Waals surface area contributed by atoms with Crippen LogP contribution in [0.2, 0.25) is 5.02 Å². The molecule has 1 aliphatic heterocycles. The molecule has 120 valence electrons. The number of likely N-dealkylation sites (tertiary alicyclic amines) is 1. The topological polar surface area (TPSA) is 56.1 Å². The molecule has 0 bridgehead atoms. The van der Waals surface area contributed by atoms with Gasteiger partial charge in [0.25, 0.3) is 0 Å². The van der Waals surface area contributed by atoms with Crippen LogP contribution in [0, 0.1) is 16.7 Å². The first kappa shape index (κ1) is 18.5. The Labute approximate surface area is 138 Å². The summed E-state index contributed by atoms with van der Waals surface area (Å²) in [6.45, 7) is 7.80. The summed E-state index contributed by atoms with van der Waals surface area (Å²) in [4.78, 5) is 12.1. The van der Waals surface area contributed by atoms with E-state index in [1.54, 1.807) is 6.07 Å². The number of nitrogens with one attached hydrogen (secondary N) is 1. The molecule has 0 amide bonds. The van der Waals surface area contributed by atoms with Gasteiger partial charge >= 0.3 is 0 Å². The summed E-state index contributed by atoms with van der Waals surface area (Å²) >= 11 is 5.97. The number of carbonyl (C=O) groups is 1. The number of nitriles is 1. The highest BCUT2D eigenvalue weighted by Gasteiger charge is 2.19. The van der Waals surface area contributed by atoms with Crippen LogP contribution in [0.15, 0.2) is 18.2 Å². The molecule has 1 fully saturated rings. The molecule has 1 atom stereocenters. The van der Waals surface area contributed by atoms with Gasteiger partial charge in [-0.15, -0.1) is 0 Å². The molecular weight excluding hydrogens is 298 g/mol. The number of hydrogen-bond acceptors (Lipinski definition) is 4. The highest BCUT2D eigenvalue weighted by Crippen LogP contribution is 2.22. The van der Waals surface area contributed by atoms with Crippen LogP contribution in [0.3, 0.4) is 0 Å². The SMILES string of the molecule is CC(C)(C)C=O.CN1CCC(Nc2ccc(C#N)c(Cl)c2)C1. The Morgan fingerprint density at radius 3 is 2.50 bits per heavy atom. The van der Waals surface area contributed by atoms with Gasteiger partial charge in [0, 0.05) is 23.7 Å². The average Bonchev–Trinajstić information content (AvgIpc) is 2.84. The normalized spacial score (nSPS) is 18.1. The fourth-order valence-corrected chi connectivity index (χ4v) is 2.21. The van der Waals surface area contributed by atoms with Crippen molar-refractivity contribution in [2.45, 2.75) is 33.2 Å². The molecule has 1 aromatic rings. The third-order valence-electron chi connectivity index (χ3n) is 3.21. The number of carbonyl (C=O) groups excluding carboxylic acids is 1. The number of aldehydes is 1. The van der Waals surface area contributed by atoms with Crippen LogP contribution in [0.4, 0.5) is 5.69 Å². The van der Waals surface area contributed by atoms with Crippen LogP contribution in [0.5, 0.6) is 0 Å². The van der Waals surface area contributed by atoms with Crippen molar-refractivity contribution < 1.29 is 4.79 Å². The largest absolute Gasteiger partial charge is 0.381 e. The van der Waals surface area contributed by atoms with Crippen LogP contribution in [-0.4, -0.2) is 37.4 Å². The molecule has 0 aliphatic carbocycles. The van der Waals surface area contributed by atoms with Crippen molar-refractivity contribution in [3.05, 3.63) is 28.8 Å². The fourth-order valence-electron chi connectivity index (χ4n) is 1.98. The van der Waals surface area contributed by atoms with Crippen LogP contribution in [0.25, 0.3) is 0 Å². The van der Waals surface area contributed by atoms with Gasteiger partial charge in [0.2, 0.25) is 0 Å². The third-order valence-corrected chi connectivity index (χ3v) is 3.52. The van der Waals surface area contributed by atoms with E-state index in [0.29, 0.717) is 16.6 Å². The molecule has 4 nitrogen and oxygen atoms in total. The second kappa shape index (κ2) is 8.17. The number of halogens is 1. The predicted octanol–water partition coefficient (Wildman–Crippen LogP) is 3.56. The van der Waals surface area contributed by atoms with Gasteiger partial charge in [0.1, 0.15) is 12.4 Å². The Kier molecular flexibility index (Phi) is 6.86. The Bertz CT molecular complexity index is 546. The first-order valence-electron chi connectivity index (χ1n) is 7.36. The highest BCUT2D eigenvalue weighted by atomic mass is 35.5. The summed E-state index contributed by atoms with van der Waals surface area (Å²) in [5, 5.41) is 12.7. The van der Waals surface area contributed by atoms with E-state index in [-0.39, 0.29) is 5.41 Å². The smallest absolute Gasteiger partial charge is 0.125 e. The molecule has 22 heavy (non-hydrogen) atoms. The van der Waals surface area contributed by atoms with Gasteiger partial charge in [0.05, 0.1) is 10.6 Å². The minimum Gasteiger partial charge on any atom is -0.381 e. The summed E-state index contributed by atoms with van der Waals surface area (Å²) in [5.74, 6) is 0. The number of likely N-dealkylation sites (N-methyl/N-ethyl adjacent to an activating group) is 1. The molecule has 1 unspecified atom stereocenters. The second-order valence-electron chi connectivity index (χ2n) is 6.68. The molecule has 1 aliphatic rings. The molecule has 1 N–H and O–H groups in total. The monoisotopic (exact) mass is 321 g/mol. The van der Waals surface area contributed by atoms with Crippen molar-refractivity contribution in [2.75, 3.05) is 25.5 Å². The van der Waals surface area contributed by atoms with Crippen molar-refractivity contribution in [1.29, 1.82) is 5.26 Å². The lowest BCUT2D eigenvalue weighted by molar-refractivity contribution is -0.113. The lowest BCUT2D eigenvalue weighted by atomic mass is 10.0. The van der Waals surface area contributed by atoms with Gasteiger partial charge in [-0.3, -0.25) is 0 Å². The van der Waals surface area contributed by atoms with Crippen LogP contribution in [0.1, 0.15) is 32.8 Å². The maximum absolute atomic E-state index is 9.83. The van der Waals surface area contributed by atoms with Crippen molar-refractivity contribution in [3.8, 4) is 6.07 Å². The molecule has 0 spiro atoms. The van der Waals surface area contributed by atoms with E-state index < -0.39 is 0 Å². The zero-order chi connectivity index (χ0) is 16.8.